The normalized spacial score (nSPS) is 28.3. The van der Waals surface area contributed by atoms with Gasteiger partial charge in [0.15, 0.2) is 0 Å². The molecule has 2 fully saturated rings. The smallest absolute Gasteiger partial charge is 0.222 e. The van der Waals surface area contributed by atoms with E-state index in [0.29, 0.717) is 18.7 Å². The number of carbonyl (C=O) groups is 2. The van der Waals surface area contributed by atoms with Crippen LogP contribution in [0.5, 0.6) is 0 Å². The average Bonchev–Trinajstić information content (AvgIpc) is 2.24. The number of likely N-dealkylation sites (tertiary alicyclic amines) is 1. The molecule has 2 aliphatic rings. The fourth-order valence-corrected chi connectivity index (χ4v) is 2.57. The molecule has 15 heavy (non-hydrogen) atoms. The molecule has 1 amide bonds. The lowest BCUT2D eigenvalue weighted by molar-refractivity contribution is -0.135. The Morgan fingerprint density at radius 1 is 1.07 bits per heavy atom. The first-order chi connectivity index (χ1) is 7.27. The van der Waals surface area contributed by atoms with Gasteiger partial charge in [-0.15, -0.1) is 0 Å². The lowest BCUT2D eigenvalue weighted by atomic mass is 9.87. The summed E-state index contributed by atoms with van der Waals surface area (Å²) in [6.45, 7) is 1.56. The SMILES string of the molecule is O=C1CCCCC1CN1CCCCC1=O. The molecule has 0 radical (unpaired) electrons. The van der Waals surface area contributed by atoms with Gasteiger partial charge < -0.3 is 4.90 Å². The van der Waals surface area contributed by atoms with E-state index in [1.807, 2.05) is 4.90 Å². The van der Waals surface area contributed by atoms with Gasteiger partial charge in [-0.3, -0.25) is 9.59 Å². The Bertz CT molecular complexity index is 236. The number of ketones is 1. The molecule has 1 saturated heterocycles. The van der Waals surface area contributed by atoms with Crippen molar-refractivity contribution < 1.29 is 9.59 Å². The van der Waals surface area contributed by atoms with Gasteiger partial charge in [0.1, 0.15) is 5.78 Å². The maximum Gasteiger partial charge on any atom is 0.222 e. The molecule has 1 aliphatic carbocycles. The van der Waals surface area contributed by atoms with Gasteiger partial charge in [-0.2, -0.15) is 0 Å². The van der Waals surface area contributed by atoms with E-state index in [1.165, 1.54) is 0 Å². The van der Waals surface area contributed by atoms with E-state index >= 15 is 0 Å². The molecular weight excluding hydrogens is 190 g/mol. The molecule has 3 nitrogen and oxygen atoms in total. The fourth-order valence-electron chi connectivity index (χ4n) is 2.57. The molecule has 2 rings (SSSR count). The van der Waals surface area contributed by atoms with Crippen molar-refractivity contribution in [1.29, 1.82) is 0 Å². The highest BCUT2D eigenvalue weighted by Crippen LogP contribution is 2.23. The number of carbonyl (C=O) groups excluding carboxylic acids is 2. The van der Waals surface area contributed by atoms with Crippen LogP contribution < -0.4 is 0 Å². The number of piperidine rings is 1. The lowest BCUT2D eigenvalue weighted by Gasteiger charge is -2.31. The summed E-state index contributed by atoms with van der Waals surface area (Å²) in [5.41, 5.74) is 0. The van der Waals surface area contributed by atoms with Crippen molar-refractivity contribution >= 4 is 11.7 Å². The van der Waals surface area contributed by atoms with E-state index < -0.39 is 0 Å². The summed E-state index contributed by atoms with van der Waals surface area (Å²) in [5, 5.41) is 0. The summed E-state index contributed by atoms with van der Waals surface area (Å²) in [6, 6.07) is 0. The molecule has 0 bridgehead atoms. The van der Waals surface area contributed by atoms with Crippen LogP contribution in [0.25, 0.3) is 0 Å². The van der Waals surface area contributed by atoms with E-state index in [1.54, 1.807) is 0 Å². The molecule has 0 aromatic rings. The highest BCUT2D eigenvalue weighted by Gasteiger charge is 2.27. The number of Topliss-reactive ketones (excluding diaryl/α,β-unsaturated/α-hetero) is 1. The monoisotopic (exact) mass is 209 g/mol. The minimum absolute atomic E-state index is 0.140. The van der Waals surface area contributed by atoms with Crippen molar-refractivity contribution in [3.05, 3.63) is 0 Å². The Morgan fingerprint density at radius 3 is 2.60 bits per heavy atom. The van der Waals surface area contributed by atoms with Crippen LogP contribution in [0.1, 0.15) is 44.9 Å². The number of rotatable bonds is 2. The predicted octanol–water partition coefficient (Wildman–Crippen LogP) is 1.76. The second-order valence-electron chi connectivity index (χ2n) is 4.71. The molecule has 0 aromatic carbocycles. The van der Waals surface area contributed by atoms with Crippen LogP contribution >= 0.6 is 0 Å². The Hall–Kier alpha value is -0.860. The highest BCUT2D eigenvalue weighted by molar-refractivity contribution is 5.83. The first-order valence-corrected chi connectivity index (χ1v) is 6.08. The summed E-state index contributed by atoms with van der Waals surface area (Å²) < 4.78 is 0. The summed E-state index contributed by atoms with van der Waals surface area (Å²) in [5.74, 6) is 0.764. The second kappa shape index (κ2) is 4.77. The van der Waals surface area contributed by atoms with Crippen LogP contribution in [0.3, 0.4) is 0 Å². The molecule has 1 saturated carbocycles. The summed E-state index contributed by atoms with van der Waals surface area (Å²) >= 11 is 0. The number of nitrogens with zero attached hydrogens (tertiary/aromatic N) is 1. The van der Waals surface area contributed by atoms with Gasteiger partial charge in [0, 0.05) is 31.8 Å². The third-order valence-corrected chi connectivity index (χ3v) is 3.54. The van der Waals surface area contributed by atoms with Crippen LogP contribution in [0.2, 0.25) is 0 Å². The summed E-state index contributed by atoms with van der Waals surface area (Å²) in [7, 11) is 0. The van der Waals surface area contributed by atoms with Crippen molar-refractivity contribution in [2.75, 3.05) is 13.1 Å². The van der Waals surface area contributed by atoms with E-state index in [-0.39, 0.29) is 11.8 Å². The predicted molar refractivity (Wildman–Crippen MR) is 57.4 cm³/mol. The molecule has 1 aliphatic heterocycles. The van der Waals surface area contributed by atoms with Crippen LogP contribution in [0.4, 0.5) is 0 Å². The first-order valence-electron chi connectivity index (χ1n) is 6.08. The molecule has 3 heteroatoms. The molecule has 1 heterocycles. The van der Waals surface area contributed by atoms with E-state index in [0.717, 1.165) is 45.1 Å². The highest BCUT2D eigenvalue weighted by atomic mass is 16.2. The molecule has 1 unspecified atom stereocenters. The van der Waals surface area contributed by atoms with E-state index in [4.69, 9.17) is 0 Å². The van der Waals surface area contributed by atoms with E-state index in [9.17, 15) is 9.59 Å². The van der Waals surface area contributed by atoms with Crippen molar-refractivity contribution in [3.8, 4) is 0 Å². The maximum atomic E-state index is 11.6. The van der Waals surface area contributed by atoms with Crippen LogP contribution in [-0.2, 0) is 9.59 Å². The molecule has 0 aromatic heterocycles. The van der Waals surface area contributed by atoms with Gasteiger partial charge >= 0.3 is 0 Å². The lowest BCUT2D eigenvalue weighted by Crippen LogP contribution is -2.41. The van der Waals surface area contributed by atoms with Crippen LogP contribution in [-0.4, -0.2) is 29.7 Å². The van der Waals surface area contributed by atoms with Crippen molar-refractivity contribution in [2.24, 2.45) is 5.92 Å². The zero-order chi connectivity index (χ0) is 10.7. The van der Waals surface area contributed by atoms with Gasteiger partial charge in [-0.25, -0.2) is 0 Å². The van der Waals surface area contributed by atoms with Crippen molar-refractivity contribution in [1.82, 2.24) is 4.90 Å². The second-order valence-corrected chi connectivity index (χ2v) is 4.71. The van der Waals surface area contributed by atoms with Gasteiger partial charge in [-0.05, 0) is 25.7 Å². The third kappa shape index (κ3) is 2.58. The number of hydrogen-bond donors (Lipinski definition) is 0. The number of amides is 1. The van der Waals surface area contributed by atoms with Crippen molar-refractivity contribution in [2.45, 2.75) is 44.9 Å². The zero-order valence-corrected chi connectivity index (χ0v) is 9.21. The molecular formula is C12H19NO2. The quantitative estimate of drug-likeness (QED) is 0.695. The fraction of sp³-hybridized carbons (Fsp3) is 0.833. The Labute approximate surface area is 90.8 Å². The topological polar surface area (TPSA) is 37.4 Å². The Balaban J connectivity index is 1.89. The average molecular weight is 209 g/mol. The largest absolute Gasteiger partial charge is 0.342 e. The van der Waals surface area contributed by atoms with Gasteiger partial charge in [-0.1, -0.05) is 6.42 Å². The first kappa shape index (κ1) is 10.7. The minimum atomic E-state index is 0.140. The molecule has 0 N–H and O–H groups in total. The van der Waals surface area contributed by atoms with Gasteiger partial charge in [0.25, 0.3) is 0 Å². The van der Waals surface area contributed by atoms with Gasteiger partial charge in [0.05, 0.1) is 0 Å². The van der Waals surface area contributed by atoms with Gasteiger partial charge in [0.2, 0.25) is 5.91 Å². The van der Waals surface area contributed by atoms with Crippen LogP contribution in [0, 0.1) is 5.92 Å². The minimum Gasteiger partial charge on any atom is -0.342 e. The van der Waals surface area contributed by atoms with E-state index in [2.05, 4.69) is 0 Å². The summed E-state index contributed by atoms with van der Waals surface area (Å²) in [4.78, 5) is 25.1. The summed E-state index contributed by atoms with van der Waals surface area (Å²) in [6.07, 6.45) is 6.72. The van der Waals surface area contributed by atoms with Crippen molar-refractivity contribution in [3.63, 3.8) is 0 Å². The number of hydrogen-bond acceptors (Lipinski definition) is 2. The molecule has 1 atom stereocenters. The Morgan fingerprint density at radius 2 is 1.87 bits per heavy atom. The maximum absolute atomic E-state index is 11.6. The zero-order valence-electron chi connectivity index (χ0n) is 9.21. The Kier molecular flexibility index (Phi) is 3.39. The standard InChI is InChI=1S/C12H19NO2/c14-11-6-2-1-5-10(11)9-13-8-4-3-7-12(13)15/h10H,1-9H2. The third-order valence-electron chi connectivity index (χ3n) is 3.54. The van der Waals surface area contributed by atoms with Crippen LogP contribution in [0.15, 0.2) is 0 Å². The molecule has 84 valence electrons. The molecule has 0 spiro atoms.